The van der Waals surface area contributed by atoms with E-state index in [4.69, 9.17) is 0 Å². The molecular formula is C14H16N2O. The van der Waals surface area contributed by atoms with Crippen LogP contribution < -0.4 is 5.32 Å². The molecule has 1 aromatic carbocycles. The van der Waals surface area contributed by atoms with Crippen molar-refractivity contribution in [2.24, 2.45) is 0 Å². The normalized spacial score (nSPS) is 26.0. The molecule has 2 aliphatic heterocycles. The Morgan fingerprint density at radius 3 is 2.82 bits per heavy atom. The number of para-hydroxylation sites is 1. The lowest BCUT2D eigenvalue weighted by atomic mass is 10.1. The molecule has 0 aromatic heterocycles. The molecular weight excluding hydrogens is 212 g/mol. The quantitative estimate of drug-likeness (QED) is 0.736. The maximum Gasteiger partial charge on any atom is 0.322 e. The third-order valence-electron chi connectivity index (χ3n) is 3.57. The molecule has 0 spiro atoms. The lowest BCUT2D eigenvalue weighted by molar-refractivity contribution is 0.192. The van der Waals surface area contributed by atoms with Crippen molar-refractivity contribution in [3.63, 3.8) is 0 Å². The predicted octanol–water partition coefficient (Wildman–Crippen LogP) is 3.01. The molecule has 3 rings (SSSR count). The van der Waals surface area contributed by atoms with Gasteiger partial charge < -0.3 is 10.2 Å². The van der Waals surface area contributed by atoms with Crippen LogP contribution in [0, 0.1) is 0 Å². The molecule has 1 aromatic rings. The van der Waals surface area contributed by atoms with Crippen molar-refractivity contribution in [1.82, 2.24) is 4.90 Å². The summed E-state index contributed by atoms with van der Waals surface area (Å²) in [5.41, 5.74) is 0.867. The number of amides is 2. The second-order valence-electron chi connectivity index (χ2n) is 4.67. The Morgan fingerprint density at radius 2 is 2.06 bits per heavy atom. The fourth-order valence-electron chi connectivity index (χ4n) is 2.75. The number of hydrogen-bond donors (Lipinski definition) is 1. The number of anilines is 1. The summed E-state index contributed by atoms with van der Waals surface area (Å²) in [5.74, 6) is 0. The highest BCUT2D eigenvalue weighted by atomic mass is 16.2. The van der Waals surface area contributed by atoms with Crippen LogP contribution in [-0.2, 0) is 0 Å². The number of nitrogens with zero attached hydrogens (tertiary/aromatic N) is 1. The third kappa shape index (κ3) is 1.93. The summed E-state index contributed by atoms with van der Waals surface area (Å²) in [4.78, 5) is 14.2. The van der Waals surface area contributed by atoms with Crippen LogP contribution in [0.3, 0.4) is 0 Å². The topological polar surface area (TPSA) is 32.3 Å². The fraction of sp³-hybridized carbons (Fsp3) is 0.357. The highest BCUT2D eigenvalue weighted by molar-refractivity contribution is 5.90. The van der Waals surface area contributed by atoms with Crippen molar-refractivity contribution in [1.29, 1.82) is 0 Å². The van der Waals surface area contributed by atoms with Crippen LogP contribution >= 0.6 is 0 Å². The highest BCUT2D eigenvalue weighted by Crippen LogP contribution is 2.31. The molecule has 0 aliphatic carbocycles. The average Bonchev–Trinajstić information content (AvgIpc) is 2.61. The van der Waals surface area contributed by atoms with Crippen LogP contribution in [0.25, 0.3) is 0 Å². The lowest BCUT2D eigenvalue weighted by Gasteiger charge is -2.31. The van der Waals surface area contributed by atoms with Crippen molar-refractivity contribution in [2.45, 2.75) is 31.3 Å². The Bertz CT molecular complexity index is 441. The Labute approximate surface area is 101 Å². The molecule has 3 nitrogen and oxygen atoms in total. The molecule has 1 fully saturated rings. The summed E-state index contributed by atoms with van der Waals surface area (Å²) in [7, 11) is 0. The molecule has 2 atom stereocenters. The lowest BCUT2D eigenvalue weighted by Crippen LogP contribution is -2.44. The Hall–Kier alpha value is -1.77. The van der Waals surface area contributed by atoms with Gasteiger partial charge in [0.25, 0.3) is 0 Å². The average molecular weight is 228 g/mol. The minimum absolute atomic E-state index is 0.0352. The first-order valence-electron chi connectivity index (χ1n) is 6.15. The van der Waals surface area contributed by atoms with Crippen LogP contribution in [-0.4, -0.2) is 23.0 Å². The summed E-state index contributed by atoms with van der Waals surface area (Å²) in [5, 5.41) is 2.97. The minimum Gasteiger partial charge on any atom is -0.315 e. The van der Waals surface area contributed by atoms with Crippen molar-refractivity contribution in [3.8, 4) is 0 Å². The monoisotopic (exact) mass is 228 g/mol. The molecule has 2 aliphatic rings. The van der Waals surface area contributed by atoms with E-state index < -0.39 is 0 Å². The van der Waals surface area contributed by atoms with Crippen molar-refractivity contribution in [3.05, 3.63) is 42.5 Å². The minimum atomic E-state index is 0.0352. The van der Waals surface area contributed by atoms with Gasteiger partial charge in [0.05, 0.1) is 6.04 Å². The Morgan fingerprint density at radius 1 is 1.24 bits per heavy atom. The number of fused-ring (bicyclic) bond motifs is 2. The summed E-state index contributed by atoms with van der Waals surface area (Å²) < 4.78 is 0. The van der Waals surface area contributed by atoms with Gasteiger partial charge in [-0.1, -0.05) is 30.4 Å². The van der Waals surface area contributed by atoms with E-state index in [9.17, 15) is 4.79 Å². The first-order chi connectivity index (χ1) is 8.34. The zero-order valence-corrected chi connectivity index (χ0v) is 9.67. The van der Waals surface area contributed by atoms with Crippen molar-refractivity contribution < 1.29 is 4.79 Å². The van der Waals surface area contributed by atoms with Crippen LogP contribution in [0.4, 0.5) is 10.5 Å². The molecule has 2 bridgehead atoms. The standard InChI is InChI=1S/C14H16N2O/c17-14(15-11-5-2-1-3-6-11)16-12-7-4-8-13(16)10-9-12/h1-7,12-13H,8-10H2,(H,15,17)/t12-,13-/m0/s1. The zero-order valence-electron chi connectivity index (χ0n) is 9.67. The third-order valence-corrected chi connectivity index (χ3v) is 3.57. The van der Waals surface area contributed by atoms with Gasteiger partial charge in [0.2, 0.25) is 0 Å². The smallest absolute Gasteiger partial charge is 0.315 e. The van der Waals surface area contributed by atoms with E-state index in [-0.39, 0.29) is 6.03 Å². The van der Waals surface area contributed by atoms with E-state index >= 15 is 0 Å². The fourth-order valence-corrected chi connectivity index (χ4v) is 2.75. The molecule has 1 N–H and O–H groups in total. The predicted molar refractivity (Wildman–Crippen MR) is 67.9 cm³/mol. The van der Waals surface area contributed by atoms with E-state index in [1.807, 2.05) is 35.2 Å². The van der Waals surface area contributed by atoms with E-state index in [0.717, 1.165) is 24.9 Å². The molecule has 17 heavy (non-hydrogen) atoms. The van der Waals surface area contributed by atoms with Crippen molar-refractivity contribution in [2.75, 3.05) is 5.32 Å². The Balaban J connectivity index is 1.73. The molecule has 0 radical (unpaired) electrons. The molecule has 0 unspecified atom stereocenters. The zero-order chi connectivity index (χ0) is 11.7. The van der Waals surface area contributed by atoms with Gasteiger partial charge in [-0.05, 0) is 31.4 Å². The first kappa shape index (κ1) is 10.4. The van der Waals surface area contributed by atoms with Gasteiger partial charge in [-0.15, -0.1) is 0 Å². The van der Waals surface area contributed by atoms with Gasteiger partial charge in [-0.25, -0.2) is 4.79 Å². The molecule has 2 amide bonds. The highest BCUT2D eigenvalue weighted by Gasteiger charge is 2.36. The summed E-state index contributed by atoms with van der Waals surface area (Å²) in [6.45, 7) is 0. The van der Waals surface area contributed by atoms with Gasteiger partial charge in [0.15, 0.2) is 0 Å². The number of carbonyl (C=O) groups excluding carboxylic acids is 1. The summed E-state index contributed by atoms with van der Waals surface area (Å²) >= 11 is 0. The van der Waals surface area contributed by atoms with E-state index in [0.29, 0.717) is 12.1 Å². The van der Waals surface area contributed by atoms with Gasteiger partial charge >= 0.3 is 6.03 Å². The maximum absolute atomic E-state index is 12.2. The van der Waals surface area contributed by atoms with Gasteiger partial charge in [0, 0.05) is 11.7 Å². The summed E-state index contributed by atoms with van der Waals surface area (Å²) in [6, 6.07) is 10.4. The van der Waals surface area contributed by atoms with Gasteiger partial charge in [0.1, 0.15) is 0 Å². The molecule has 3 heteroatoms. The summed E-state index contributed by atoms with van der Waals surface area (Å²) in [6.07, 6.45) is 7.59. The first-order valence-corrected chi connectivity index (χ1v) is 6.15. The van der Waals surface area contributed by atoms with Crippen LogP contribution in [0.2, 0.25) is 0 Å². The van der Waals surface area contributed by atoms with Crippen LogP contribution in [0.1, 0.15) is 19.3 Å². The molecule has 1 saturated heterocycles. The number of rotatable bonds is 1. The molecule has 88 valence electrons. The van der Waals surface area contributed by atoms with Crippen LogP contribution in [0.5, 0.6) is 0 Å². The van der Waals surface area contributed by atoms with E-state index in [1.54, 1.807) is 0 Å². The van der Waals surface area contributed by atoms with E-state index in [1.165, 1.54) is 0 Å². The number of benzene rings is 1. The largest absolute Gasteiger partial charge is 0.322 e. The Kier molecular flexibility index (Phi) is 2.59. The SMILES string of the molecule is O=C(Nc1ccccc1)N1[C@H]2CC=C[C@H]1CC2. The maximum atomic E-state index is 12.2. The second-order valence-corrected chi connectivity index (χ2v) is 4.67. The van der Waals surface area contributed by atoms with Crippen LogP contribution in [0.15, 0.2) is 42.5 Å². The molecule has 2 heterocycles. The van der Waals surface area contributed by atoms with Gasteiger partial charge in [-0.3, -0.25) is 0 Å². The van der Waals surface area contributed by atoms with Gasteiger partial charge in [-0.2, -0.15) is 0 Å². The second kappa shape index (κ2) is 4.24. The number of hydrogen-bond acceptors (Lipinski definition) is 1. The number of carbonyl (C=O) groups is 1. The van der Waals surface area contributed by atoms with Crippen molar-refractivity contribution >= 4 is 11.7 Å². The van der Waals surface area contributed by atoms with E-state index in [2.05, 4.69) is 17.5 Å². The molecule has 0 saturated carbocycles. The number of urea groups is 1. The number of nitrogens with one attached hydrogen (secondary N) is 1.